The lowest BCUT2D eigenvalue weighted by molar-refractivity contribution is -0.116. The van der Waals surface area contributed by atoms with E-state index in [4.69, 9.17) is 10.4 Å². The molecular weight excluding hydrogens is 402 g/mol. The molecule has 0 spiro atoms. The fourth-order valence-corrected chi connectivity index (χ4v) is 4.02. The first-order valence-corrected chi connectivity index (χ1v) is 10.6. The van der Waals surface area contributed by atoms with Crippen LogP contribution in [0.5, 0.6) is 0 Å². The third kappa shape index (κ3) is 4.01. The van der Waals surface area contributed by atoms with Crippen LogP contribution in [0.3, 0.4) is 0 Å². The van der Waals surface area contributed by atoms with Crippen LogP contribution in [0.4, 0.5) is 5.82 Å². The van der Waals surface area contributed by atoms with Crippen LogP contribution >= 0.6 is 0 Å². The molecule has 0 unspecified atom stereocenters. The van der Waals surface area contributed by atoms with E-state index in [1.807, 2.05) is 42.5 Å². The zero-order valence-corrected chi connectivity index (χ0v) is 17.4. The minimum absolute atomic E-state index is 0.0295. The molecule has 0 bridgehead atoms. The first kappa shape index (κ1) is 19.7. The minimum Gasteiger partial charge on any atom is -0.309 e. The summed E-state index contributed by atoms with van der Waals surface area (Å²) in [6.07, 6.45) is 6.05. The highest BCUT2D eigenvalue weighted by Gasteiger charge is 2.16. The molecule has 1 amide bonds. The van der Waals surface area contributed by atoms with Crippen LogP contribution in [0.2, 0.25) is 0 Å². The second-order valence-corrected chi connectivity index (χ2v) is 7.78. The van der Waals surface area contributed by atoms with Crippen LogP contribution in [0.1, 0.15) is 29.8 Å². The van der Waals surface area contributed by atoms with E-state index >= 15 is 0 Å². The first-order valence-electron chi connectivity index (χ1n) is 10.6. The van der Waals surface area contributed by atoms with E-state index in [1.54, 1.807) is 4.68 Å². The van der Waals surface area contributed by atoms with Crippen molar-refractivity contribution in [2.45, 2.75) is 32.2 Å². The maximum atomic E-state index is 12.7. The number of aryl methyl sites for hydroxylation is 2. The lowest BCUT2D eigenvalue weighted by Gasteiger charge is -2.16. The fraction of sp³-hybridized carbons (Fsp3) is 0.208. The van der Waals surface area contributed by atoms with Crippen molar-refractivity contribution in [2.24, 2.45) is 0 Å². The number of hydrogen-bond donors (Lipinski definition) is 1. The Labute approximate surface area is 185 Å². The predicted octanol–water partition coefficient (Wildman–Crippen LogP) is 3.52. The summed E-state index contributed by atoms with van der Waals surface area (Å²) in [5, 5.41) is 20.5. The van der Waals surface area contributed by atoms with E-state index in [9.17, 15) is 4.79 Å². The van der Waals surface area contributed by atoms with E-state index < -0.39 is 0 Å². The summed E-state index contributed by atoms with van der Waals surface area (Å²) in [6.45, 7) is -0.0527. The normalized spacial score (nSPS) is 12.7. The van der Waals surface area contributed by atoms with E-state index in [2.05, 4.69) is 33.6 Å². The molecule has 8 nitrogen and oxygen atoms in total. The number of carbonyl (C=O) groups is 1. The number of carbonyl (C=O) groups excluding carboxylic acids is 1. The second-order valence-electron chi connectivity index (χ2n) is 7.78. The Morgan fingerprint density at radius 3 is 2.62 bits per heavy atom. The summed E-state index contributed by atoms with van der Waals surface area (Å²) < 4.78 is 3.07. The summed E-state index contributed by atoms with van der Waals surface area (Å²) in [7, 11) is 0. The number of anilines is 1. The molecule has 0 saturated carbocycles. The van der Waals surface area contributed by atoms with Gasteiger partial charge in [0.05, 0.1) is 11.4 Å². The van der Waals surface area contributed by atoms with Gasteiger partial charge in [0.1, 0.15) is 24.8 Å². The molecule has 0 fully saturated rings. The van der Waals surface area contributed by atoms with E-state index in [-0.39, 0.29) is 18.3 Å². The van der Waals surface area contributed by atoms with Gasteiger partial charge in [0, 0.05) is 11.6 Å². The summed E-state index contributed by atoms with van der Waals surface area (Å²) >= 11 is 0. The zero-order valence-electron chi connectivity index (χ0n) is 17.4. The van der Waals surface area contributed by atoms with Crippen molar-refractivity contribution in [1.29, 1.82) is 5.26 Å². The van der Waals surface area contributed by atoms with Crippen molar-refractivity contribution in [1.82, 2.24) is 24.5 Å². The van der Waals surface area contributed by atoms with Crippen molar-refractivity contribution in [2.75, 3.05) is 5.32 Å². The van der Waals surface area contributed by atoms with Gasteiger partial charge in [-0.05, 0) is 55.0 Å². The number of rotatable bonds is 5. The average molecular weight is 423 g/mol. The van der Waals surface area contributed by atoms with Gasteiger partial charge in [-0.3, -0.25) is 4.79 Å². The number of aromatic nitrogens is 5. The number of amides is 1. The highest BCUT2D eigenvalue weighted by Crippen LogP contribution is 2.29. The van der Waals surface area contributed by atoms with Gasteiger partial charge in [0.25, 0.3) is 5.82 Å². The van der Waals surface area contributed by atoms with Gasteiger partial charge < -0.3 is 5.32 Å². The molecule has 0 aliphatic heterocycles. The van der Waals surface area contributed by atoms with Gasteiger partial charge >= 0.3 is 0 Å². The quantitative estimate of drug-likeness (QED) is 0.529. The minimum atomic E-state index is -0.284. The Bertz CT molecular complexity index is 1310. The van der Waals surface area contributed by atoms with Gasteiger partial charge in [-0.15, -0.1) is 5.10 Å². The second kappa shape index (κ2) is 8.47. The Kier molecular flexibility index (Phi) is 5.22. The molecule has 2 heterocycles. The Morgan fingerprint density at radius 2 is 1.84 bits per heavy atom. The maximum absolute atomic E-state index is 12.7. The van der Waals surface area contributed by atoms with E-state index in [1.165, 1.54) is 35.0 Å². The van der Waals surface area contributed by atoms with Crippen LogP contribution in [0, 0.1) is 11.3 Å². The molecule has 158 valence electrons. The van der Waals surface area contributed by atoms with Crippen LogP contribution in [-0.4, -0.2) is 30.5 Å². The molecule has 8 heteroatoms. The zero-order chi connectivity index (χ0) is 21.9. The Morgan fingerprint density at radius 1 is 1.03 bits per heavy atom. The molecule has 1 N–H and O–H groups in total. The van der Waals surface area contributed by atoms with Gasteiger partial charge in [-0.25, -0.2) is 14.3 Å². The predicted molar refractivity (Wildman–Crippen MR) is 119 cm³/mol. The van der Waals surface area contributed by atoms with E-state index in [0.29, 0.717) is 5.82 Å². The molecule has 1 aliphatic carbocycles. The van der Waals surface area contributed by atoms with Crippen molar-refractivity contribution in [3.8, 4) is 23.0 Å². The van der Waals surface area contributed by atoms with Crippen LogP contribution in [0.25, 0.3) is 16.9 Å². The number of fused-ring (bicyclic) bond motifs is 1. The molecule has 2 aromatic heterocycles. The summed E-state index contributed by atoms with van der Waals surface area (Å²) in [4.78, 5) is 16.5. The highest BCUT2D eigenvalue weighted by atomic mass is 16.2. The van der Waals surface area contributed by atoms with Crippen LogP contribution in [-0.2, 0) is 24.2 Å². The fourth-order valence-electron chi connectivity index (χ4n) is 4.02. The first-order chi connectivity index (χ1) is 15.7. The van der Waals surface area contributed by atoms with Crippen molar-refractivity contribution >= 4 is 11.7 Å². The number of nitriles is 1. The van der Waals surface area contributed by atoms with Crippen LogP contribution in [0.15, 0.2) is 60.9 Å². The number of nitrogens with one attached hydrogen (secondary N) is 1. The van der Waals surface area contributed by atoms with Gasteiger partial charge in [-0.2, -0.15) is 10.4 Å². The highest BCUT2D eigenvalue weighted by molar-refractivity contribution is 5.90. The van der Waals surface area contributed by atoms with Gasteiger partial charge in [0.15, 0.2) is 0 Å². The molecule has 2 aromatic carbocycles. The smallest absolute Gasteiger partial charge is 0.252 e. The summed E-state index contributed by atoms with van der Waals surface area (Å²) in [6, 6.07) is 19.9. The standard InChI is InChI=1S/C24H21N7O/c25-14-22-26-16-30(29-22)15-24(32)27-23-13-21(28-31(23)20-8-2-1-3-9-20)19-11-10-17-6-4-5-7-18(17)12-19/h1-3,8-13,16H,4-7,15H2,(H,27,32). The SMILES string of the molecule is N#Cc1ncn(CC(=O)Nc2cc(-c3ccc4c(c3)CCCC4)nn2-c2ccccc2)n1. The molecule has 0 radical (unpaired) electrons. The Balaban J connectivity index is 1.46. The van der Waals surface area contributed by atoms with Crippen LogP contribution < -0.4 is 5.32 Å². The topological polar surface area (TPSA) is 101 Å². The van der Waals surface area contributed by atoms with Crippen molar-refractivity contribution in [3.63, 3.8) is 0 Å². The summed E-state index contributed by atoms with van der Waals surface area (Å²) in [5.41, 5.74) is 5.48. The van der Waals surface area contributed by atoms with Crippen molar-refractivity contribution < 1.29 is 4.79 Å². The number of hydrogen-bond acceptors (Lipinski definition) is 5. The lowest BCUT2D eigenvalue weighted by Crippen LogP contribution is -2.21. The molecule has 0 saturated heterocycles. The lowest BCUT2D eigenvalue weighted by atomic mass is 9.90. The average Bonchev–Trinajstić information content (AvgIpc) is 3.46. The van der Waals surface area contributed by atoms with Gasteiger partial charge in [0.2, 0.25) is 5.91 Å². The molecule has 1 aliphatic rings. The molecule has 4 aromatic rings. The molecular formula is C24H21N7O. The van der Waals surface area contributed by atoms with Crippen molar-refractivity contribution in [3.05, 3.63) is 77.9 Å². The maximum Gasteiger partial charge on any atom is 0.252 e. The number of nitrogens with zero attached hydrogens (tertiary/aromatic N) is 6. The number of para-hydroxylation sites is 1. The Hall–Kier alpha value is -4.25. The summed E-state index contributed by atoms with van der Waals surface area (Å²) in [5.74, 6) is 0.310. The van der Waals surface area contributed by atoms with E-state index in [0.717, 1.165) is 29.8 Å². The third-order valence-corrected chi connectivity index (χ3v) is 5.56. The third-order valence-electron chi connectivity index (χ3n) is 5.56. The largest absolute Gasteiger partial charge is 0.309 e. The van der Waals surface area contributed by atoms with Gasteiger partial charge in [-0.1, -0.05) is 30.3 Å². The number of benzene rings is 2. The monoisotopic (exact) mass is 423 g/mol. The molecule has 0 atom stereocenters. The molecule has 5 rings (SSSR count). The molecule has 32 heavy (non-hydrogen) atoms.